The van der Waals surface area contributed by atoms with Gasteiger partial charge in [-0.2, -0.15) is 0 Å². The molecule has 6 nitrogen and oxygen atoms in total. The highest BCUT2D eigenvalue weighted by Crippen LogP contribution is 2.28. The van der Waals surface area contributed by atoms with E-state index in [9.17, 15) is 14.0 Å². The Balaban J connectivity index is 1.58. The highest BCUT2D eigenvalue weighted by Gasteiger charge is 2.29. The van der Waals surface area contributed by atoms with Crippen LogP contribution in [-0.4, -0.2) is 41.4 Å². The van der Waals surface area contributed by atoms with Gasteiger partial charge >= 0.3 is 0 Å². The molecule has 2 aromatic carbocycles. The lowest BCUT2D eigenvalue weighted by Gasteiger charge is -2.34. The first kappa shape index (κ1) is 20.7. The molecular formula is C24H22FN3O3. The summed E-state index contributed by atoms with van der Waals surface area (Å²) in [6, 6.07) is 14.9. The van der Waals surface area contributed by atoms with E-state index in [0.717, 1.165) is 5.56 Å². The Morgan fingerprint density at radius 2 is 1.87 bits per heavy atom. The zero-order valence-electron chi connectivity index (χ0n) is 17.0. The van der Waals surface area contributed by atoms with Crippen LogP contribution in [0.4, 0.5) is 10.1 Å². The van der Waals surface area contributed by atoms with Crippen molar-refractivity contribution in [2.24, 2.45) is 0 Å². The summed E-state index contributed by atoms with van der Waals surface area (Å²) in [7, 11) is 0. The quantitative estimate of drug-likeness (QED) is 0.694. The van der Waals surface area contributed by atoms with Crippen molar-refractivity contribution in [3.05, 3.63) is 95.1 Å². The number of para-hydroxylation sites is 1. The predicted molar refractivity (Wildman–Crippen MR) is 114 cm³/mol. The average molecular weight is 419 g/mol. The number of carbonyl (C=O) groups excluding carboxylic acids is 2. The van der Waals surface area contributed by atoms with Gasteiger partial charge < -0.3 is 15.0 Å². The molecule has 3 aromatic rings. The minimum atomic E-state index is -0.543. The molecule has 7 heteroatoms. The number of benzene rings is 2. The fourth-order valence-corrected chi connectivity index (χ4v) is 3.63. The summed E-state index contributed by atoms with van der Waals surface area (Å²) < 4.78 is 19.9. The number of ether oxygens (including phenoxy) is 1. The van der Waals surface area contributed by atoms with Gasteiger partial charge in [0.2, 0.25) is 0 Å². The Morgan fingerprint density at radius 3 is 2.65 bits per heavy atom. The van der Waals surface area contributed by atoms with Crippen LogP contribution < -0.4 is 5.32 Å². The molecule has 0 spiro atoms. The van der Waals surface area contributed by atoms with Crippen LogP contribution >= 0.6 is 0 Å². The first-order chi connectivity index (χ1) is 15.0. The highest BCUT2D eigenvalue weighted by atomic mass is 19.1. The van der Waals surface area contributed by atoms with Gasteiger partial charge in [-0.3, -0.25) is 14.6 Å². The van der Waals surface area contributed by atoms with Crippen molar-refractivity contribution in [3.63, 3.8) is 0 Å². The number of hydrogen-bond donors (Lipinski definition) is 1. The molecule has 158 valence electrons. The summed E-state index contributed by atoms with van der Waals surface area (Å²) in [6.07, 6.45) is 2.53. The highest BCUT2D eigenvalue weighted by molar-refractivity contribution is 6.09. The molecule has 2 heterocycles. The van der Waals surface area contributed by atoms with E-state index in [1.807, 2.05) is 13.0 Å². The van der Waals surface area contributed by atoms with Crippen molar-refractivity contribution < 1.29 is 18.7 Å². The molecule has 1 aromatic heterocycles. The fourth-order valence-electron chi connectivity index (χ4n) is 3.63. The fraction of sp³-hybridized carbons (Fsp3) is 0.208. The molecule has 2 amide bonds. The zero-order valence-corrected chi connectivity index (χ0v) is 17.0. The average Bonchev–Trinajstić information content (AvgIpc) is 2.81. The van der Waals surface area contributed by atoms with Crippen LogP contribution in [-0.2, 0) is 4.74 Å². The van der Waals surface area contributed by atoms with E-state index in [0.29, 0.717) is 35.5 Å². The van der Waals surface area contributed by atoms with E-state index >= 15 is 0 Å². The number of halogens is 1. The monoisotopic (exact) mass is 419 g/mol. The van der Waals surface area contributed by atoms with Gasteiger partial charge in [0.1, 0.15) is 11.9 Å². The van der Waals surface area contributed by atoms with Gasteiger partial charge in [0.25, 0.3) is 11.8 Å². The van der Waals surface area contributed by atoms with E-state index in [1.165, 1.54) is 18.5 Å². The number of nitrogens with one attached hydrogen (secondary N) is 1. The summed E-state index contributed by atoms with van der Waals surface area (Å²) >= 11 is 0. The van der Waals surface area contributed by atoms with Crippen LogP contribution in [0.2, 0.25) is 0 Å². The number of hydrogen-bond acceptors (Lipinski definition) is 4. The standard InChI is InChI=1S/C24H22FN3O3/c1-16-5-4-7-19(22(16)27-23(29)17-9-11-26-12-10-17)24(30)28-13-14-31-21(15-28)18-6-2-3-8-20(18)25/h2-12,21H,13-15H2,1H3,(H,27,29)/t21-/m0/s1. The SMILES string of the molecule is Cc1cccc(C(=O)N2CCO[C@H](c3ccccc3F)C2)c1NC(=O)c1ccncc1. The van der Waals surface area contributed by atoms with Crippen LogP contribution in [0.5, 0.6) is 0 Å². The van der Waals surface area contributed by atoms with E-state index in [1.54, 1.807) is 47.4 Å². The molecule has 1 fully saturated rings. The van der Waals surface area contributed by atoms with Crippen LogP contribution in [0.3, 0.4) is 0 Å². The summed E-state index contributed by atoms with van der Waals surface area (Å²) in [5.74, 6) is -0.919. The number of rotatable bonds is 4. The van der Waals surface area contributed by atoms with E-state index in [4.69, 9.17) is 4.74 Å². The minimum absolute atomic E-state index is 0.228. The molecular weight excluding hydrogens is 397 g/mol. The largest absolute Gasteiger partial charge is 0.370 e. The van der Waals surface area contributed by atoms with E-state index < -0.39 is 6.10 Å². The maximum Gasteiger partial charge on any atom is 0.256 e. The number of aromatic nitrogens is 1. The second-order valence-corrected chi connectivity index (χ2v) is 7.32. The molecule has 1 atom stereocenters. The van der Waals surface area contributed by atoms with Gasteiger partial charge in [0, 0.05) is 30.1 Å². The van der Waals surface area contributed by atoms with Gasteiger partial charge in [-0.05, 0) is 36.8 Å². The van der Waals surface area contributed by atoms with Gasteiger partial charge in [-0.1, -0.05) is 30.3 Å². The van der Waals surface area contributed by atoms with Gasteiger partial charge in [0.15, 0.2) is 0 Å². The molecule has 1 saturated heterocycles. The number of aryl methyl sites for hydroxylation is 1. The number of anilines is 1. The number of carbonyl (C=O) groups is 2. The summed E-state index contributed by atoms with van der Waals surface area (Å²) in [4.78, 5) is 31.6. The van der Waals surface area contributed by atoms with Crippen LogP contribution in [0, 0.1) is 12.7 Å². The number of nitrogens with zero attached hydrogens (tertiary/aromatic N) is 2. The zero-order chi connectivity index (χ0) is 21.8. The van der Waals surface area contributed by atoms with Crippen LogP contribution in [0.25, 0.3) is 0 Å². The van der Waals surface area contributed by atoms with Crippen LogP contribution in [0.15, 0.2) is 67.0 Å². The molecule has 1 aliphatic rings. The van der Waals surface area contributed by atoms with Crippen molar-refractivity contribution in [2.45, 2.75) is 13.0 Å². The molecule has 0 bridgehead atoms. The maximum atomic E-state index is 14.2. The third kappa shape index (κ3) is 4.46. The number of morpholine rings is 1. The van der Waals surface area contributed by atoms with Gasteiger partial charge in [-0.15, -0.1) is 0 Å². The Labute approximate surface area is 179 Å². The summed E-state index contributed by atoms with van der Waals surface area (Å²) in [5, 5.41) is 2.86. The lowest BCUT2D eigenvalue weighted by molar-refractivity contribution is -0.0242. The van der Waals surface area contributed by atoms with Crippen molar-refractivity contribution in [2.75, 3.05) is 25.0 Å². The van der Waals surface area contributed by atoms with Gasteiger partial charge in [0.05, 0.1) is 24.4 Å². The Kier molecular flexibility index (Phi) is 6.04. The lowest BCUT2D eigenvalue weighted by atomic mass is 10.0. The molecule has 1 aliphatic heterocycles. The van der Waals surface area contributed by atoms with Crippen LogP contribution in [0.1, 0.15) is 37.9 Å². The third-order valence-electron chi connectivity index (χ3n) is 5.29. The lowest BCUT2D eigenvalue weighted by Crippen LogP contribution is -2.42. The second kappa shape index (κ2) is 9.06. The molecule has 4 rings (SSSR count). The van der Waals surface area contributed by atoms with Gasteiger partial charge in [-0.25, -0.2) is 4.39 Å². The normalized spacial score (nSPS) is 16.1. The van der Waals surface area contributed by atoms with Crippen molar-refractivity contribution in [1.29, 1.82) is 0 Å². The Morgan fingerprint density at radius 1 is 1.10 bits per heavy atom. The molecule has 0 aliphatic carbocycles. The summed E-state index contributed by atoms with van der Waals surface area (Å²) in [6.45, 7) is 2.75. The second-order valence-electron chi connectivity index (χ2n) is 7.32. The van der Waals surface area contributed by atoms with Crippen molar-refractivity contribution in [1.82, 2.24) is 9.88 Å². The third-order valence-corrected chi connectivity index (χ3v) is 5.29. The molecule has 31 heavy (non-hydrogen) atoms. The van der Waals surface area contributed by atoms with Crippen molar-refractivity contribution in [3.8, 4) is 0 Å². The molecule has 1 N–H and O–H groups in total. The Hall–Kier alpha value is -3.58. The smallest absolute Gasteiger partial charge is 0.256 e. The maximum absolute atomic E-state index is 14.2. The van der Waals surface area contributed by atoms with Crippen molar-refractivity contribution >= 4 is 17.5 Å². The minimum Gasteiger partial charge on any atom is -0.370 e. The first-order valence-electron chi connectivity index (χ1n) is 10.0. The Bertz CT molecular complexity index is 1100. The molecule has 0 radical (unpaired) electrons. The van der Waals surface area contributed by atoms with E-state index in [-0.39, 0.29) is 24.2 Å². The first-order valence-corrected chi connectivity index (χ1v) is 10.0. The molecule has 0 unspecified atom stereocenters. The van der Waals surface area contributed by atoms with E-state index in [2.05, 4.69) is 10.3 Å². The number of pyridine rings is 1. The topological polar surface area (TPSA) is 71.5 Å². The predicted octanol–water partition coefficient (Wildman–Crippen LogP) is 4.00. The number of amides is 2. The summed E-state index contributed by atoms with van der Waals surface area (Å²) in [5.41, 5.74) is 2.49. The molecule has 0 saturated carbocycles.